The third kappa shape index (κ3) is 3.44. The first-order valence-corrected chi connectivity index (χ1v) is 7.85. The van der Waals surface area contributed by atoms with Crippen LogP contribution in [0.1, 0.15) is 37.7 Å². The zero-order chi connectivity index (χ0) is 14.9. The summed E-state index contributed by atoms with van der Waals surface area (Å²) in [6.45, 7) is 5.74. The average Bonchev–Trinajstić information content (AvgIpc) is 2.95. The molecule has 22 heavy (non-hydrogen) atoms. The fourth-order valence-electron chi connectivity index (χ4n) is 3.62. The SMILES string of the molecule is CC(C(=O)N1CCC2(CCNC2)CC1)c1cccc(F)c1.Cl. The molecular formula is C17H24ClFN2O. The topological polar surface area (TPSA) is 32.3 Å². The van der Waals surface area contributed by atoms with Gasteiger partial charge in [0.05, 0.1) is 5.92 Å². The maximum atomic E-state index is 13.3. The Labute approximate surface area is 137 Å². The van der Waals surface area contributed by atoms with Gasteiger partial charge in [-0.2, -0.15) is 0 Å². The smallest absolute Gasteiger partial charge is 0.229 e. The van der Waals surface area contributed by atoms with Gasteiger partial charge in [0.2, 0.25) is 5.91 Å². The standard InChI is InChI=1S/C17H23FN2O.ClH/c1-13(14-3-2-4-15(18)11-14)16(21)20-9-6-17(7-10-20)5-8-19-12-17;/h2-4,11,13,19H,5-10,12H2,1H3;1H. The second-order valence-electron chi connectivity index (χ2n) is 6.53. The van der Waals surface area contributed by atoms with Crippen molar-refractivity contribution in [1.82, 2.24) is 10.2 Å². The van der Waals surface area contributed by atoms with E-state index in [1.807, 2.05) is 17.9 Å². The Morgan fingerprint density at radius 3 is 2.64 bits per heavy atom. The number of carbonyl (C=O) groups excluding carboxylic acids is 1. The van der Waals surface area contributed by atoms with E-state index in [2.05, 4.69) is 5.32 Å². The summed E-state index contributed by atoms with van der Waals surface area (Å²) in [4.78, 5) is 14.6. The van der Waals surface area contributed by atoms with Gasteiger partial charge in [0.1, 0.15) is 5.82 Å². The molecule has 1 amide bonds. The van der Waals surface area contributed by atoms with E-state index in [0.29, 0.717) is 5.41 Å². The van der Waals surface area contributed by atoms with Crippen molar-refractivity contribution < 1.29 is 9.18 Å². The van der Waals surface area contributed by atoms with E-state index in [-0.39, 0.29) is 30.0 Å². The predicted octanol–water partition coefficient (Wildman–Crippen LogP) is 2.95. The molecule has 1 unspecified atom stereocenters. The molecule has 3 rings (SSSR count). The lowest BCUT2D eigenvalue weighted by Gasteiger charge is -2.39. The minimum Gasteiger partial charge on any atom is -0.342 e. The van der Waals surface area contributed by atoms with Gasteiger partial charge in [-0.25, -0.2) is 4.39 Å². The number of hydrogen-bond acceptors (Lipinski definition) is 2. The van der Waals surface area contributed by atoms with Crippen LogP contribution in [0.15, 0.2) is 24.3 Å². The number of hydrogen-bond donors (Lipinski definition) is 1. The van der Waals surface area contributed by atoms with Gasteiger partial charge >= 0.3 is 0 Å². The molecule has 1 aromatic carbocycles. The zero-order valence-corrected chi connectivity index (χ0v) is 13.8. The molecule has 0 aliphatic carbocycles. The predicted molar refractivity (Wildman–Crippen MR) is 87.8 cm³/mol. The Kier molecular flexibility index (Phi) is 5.45. The largest absolute Gasteiger partial charge is 0.342 e. The van der Waals surface area contributed by atoms with E-state index in [4.69, 9.17) is 0 Å². The lowest BCUT2D eigenvalue weighted by Crippen LogP contribution is -2.45. The van der Waals surface area contributed by atoms with Crippen LogP contribution in [0.25, 0.3) is 0 Å². The van der Waals surface area contributed by atoms with Gasteiger partial charge in [-0.1, -0.05) is 12.1 Å². The molecule has 1 aromatic rings. The van der Waals surface area contributed by atoms with Crippen molar-refractivity contribution in [2.24, 2.45) is 5.41 Å². The minimum atomic E-state index is -0.276. The van der Waals surface area contributed by atoms with Crippen LogP contribution in [-0.4, -0.2) is 37.0 Å². The summed E-state index contributed by atoms with van der Waals surface area (Å²) in [7, 11) is 0. The van der Waals surface area contributed by atoms with Gasteiger partial charge in [0.25, 0.3) is 0 Å². The van der Waals surface area contributed by atoms with E-state index < -0.39 is 0 Å². The van der Waals surface area contributed by atoms with E-state index in [9.17, 15) is 9.18 Å². The van der Waals surface area contributed by atoms with E-state index in [0.717, 1.165) is 44.6 Å². The second kappa shape index (κ2) is 6.97. The number of likely N-dealkylation sites (tertiary alicyclic amines) is 1. The van der Waals surface area contributed by atoms with E-state index in [1.165, 1.54) is 18.6 Å². The molecule has 0 aromatic heterocycles. The maximum Gasteiger partial charge on any atom is 0.229 e. The molecule has 1 spiro atoms. The number of halogens is 2. The molecular weight excluding hydrogens is 303 g/mol. The maximum absolute atomic E-state index is 13.3. The van der Waals surface area contributed by atoms with Crippen LogP contribution >= 0.6 is 12.4 Å². The van der Waals surface area contributed by atoms with Crippen LogP contribution in [-0.2, 0) is 4.79 Å². The molecule has 5 heteroatoms. The molecule has 122 valence electrons. The normalized spacial score (nSPS) is 21.5. The summed E-state index contributed by atoms with van der Waals surface area (Å²) in [5.74, 6) is -0.417. The van der Waals surface area contributed by atoms with Crippen molar-refractivity contribution in [3.8, 4) is 0 Å². The Hall–Kier alpha value is -1.13. The first-order valence-electron chi connectivity index (χ1n) is 7.85. The lowest BCUT2D eigenvalue weighted by molar-refractivity contribution is -0.134. The summed E-state index contributed by atoms with van der Waals surface area (Å²) < 4.78 is 13.3. The average molecular weight is 327 g/mol. The number of nitrogens with one attached hydrogen (secondary N) is 1. The fourth-order valence-corrected chi connectivity index (χ4v) is 3.62. The molecule has 0 bridgehead atoms. The van der Waals surface area contributed by atoms with Crippen LogP contribution in [0.2, 0.25) is 0 Å². The van der Waals surface area contributed by atoms with Crippen LogP contribution in [0.5, 0.6) is 0 Å². The first-order chi connectivity index (χ1) is 10.1. The number of nitrogens with zero attached hydrogens (tertiary/aromatic N) is 1. The quantitative estimate of drug-likeness (QED) is 0.906. The molecule has 2 aliphatic heterocycles. The zero-order valence-electron chi connectivity index (χ0n) is 13.0. The molecule has 2 fully saturated rings. The number of piperidine rings is 1. The minimum absolute atomic E-state index is 0. The van der Waals surface area contributed by atoms with Crippen molar-refractivity contribution in [2.75, 3.05) is 26.2 Å². The van der Waals surface area contributed by atoms with Crippen molar-refractivity contribution in [3.63, 3.8) is 0 Å². The van der Waals surface area contributed by atoms with Gasteiger partial charge in [-0.3, -0.25) is 4.79 Å². The van der Waals surface area contributed by atoms with Crippen molar-refractivity contribution in [3.05, 3.63) is 35.6 Å². The molecule has 0 saturated carbocycles. The third-order valence-corrected chi connectivity index (χ3v) is 5.19. The summed E-state index contributed by atoms with van der Waals surface area (Å²) in [6.07, 6.45) is 3.40. The monoisotopic (exact) mass is 326 g/mol. The molecule has 3 nitrogen and oxygen atoms in total. The van der Waals surface area contributed by atoms with Crippen molar-refractivity contribution in [2.45, 2.75) is 32.1 Å². The Bertz CT molecular complexity index is 521. The Morgan fingerprint density at radius 1 is 1.32 bits per heavy atom. The highest BCUT2D eigenvalue weighted by atomic mass is 35.5. The number of rotatable bonds is 2. The molecule has 1 N–H and O–H groups in total. The Balaban J connectivity index is 0.00000176. The van der Waals surface area contributed by atoms with Gasteiger partial charge in [0, 0.05) is 19.6 Å². The van der Waals surface area contributed by atoms with Crippen LogP contribution < -0.4 is 5.32 Å². The molecule has 2 aliphatic rings. The number of benzene rings is 1. The van der Waals surface area contributed by atoms with Crippen molar-refractivity contribution >= 4 is 18.3 Å². The van der Waals surface area contributed by atoms with Crippen LogP contribution in [0, 0.1) is 11.2 Å². The molecule has 1 atom stereocenters. The first kappa shape index (κ1) is 17.2. The van der Waals surface area contributed by atoms with Crippen LogP contribution in [0.3, 0.4) is 0 Å². The molecule has 2 saturated heterocycles. The summed E-state index contributed by atoms with van der Waals surface area (Å²) in [6, 6.07) is 6.38. The van der Waals surface area contributed by atoms with E-state index in [1.54, 1.807) is 6.07 Å². The second-order valence-corrected chi connectivity index (χ2v) is 6.53. The highest BCUT2D eigenvalue weighted by Crippen LogP contribution is 2.37. The number of amides is 1. The Morgan fingerprint density at radius 2 is 2.05 bits per heavy atom. The lowest BCUT2D eigenvalue weighted by atomic mass is 9.77. The summed E-state index contributed by atoms with van der Waals surface area (Å²) >= 11 is 0. The summed E-state index contributed by atoms with van der Waals surface area (Å²) in [5.41, 5.74) is 1.18. The summed E-state index contributed by atoms with van der Waals surface area (Å²) in [5, 5.41) is 3.44. The molecule has 0 radical (unpaired) electrons. The fraction of sp³-hybridized carbons (Fsp3) is 0.588. The van der Waals surface area contributed by atoms with Crippen LogP contribution in [0.4, 0.5) is 4.39 Å². The number of carbonyl (C=O) groups is 1. The highest BCUT2D eigenvalue weighted by Gasteiger charge is 2.38. The molecule has 2 heterocycles. The van der Waals surface area contributed by atoms with Crippen molar-refractivity contribution in [1.29, 1.82) is 0 Å². The third-order valence-electron chi connectivity index (χ3n) is 5.19. The van der Waals surface area contributed by atoms with Gasteiger partial charge in [0.15, 0.2) is 0 Å². The van der Waals surface area contributed by atoms with Gasteiger partial charge in [-0.05, 0) is 55.8 Å². The highest BCUT2D eigenvalue weighted by molar-refractivity contribution is 5.85. The van der Waals surface area contributed by atoms with Gasteiger partial charge in [-0.15, -0.1) is 12.4 Å². The van der Waals surface area contributed by atoms with Gasteiger partial charge < -0.3 is 10.2 Å². The van der Waals surface area contributed by atoms with E-state index >= 15 is 0 Å².